The number of benzene rings is 1. The fourth-order valence-corrected chi connectivity index (χ4v) is 1.08. The van der Waals surface area contributed by atoms with E-state index in [1.54, 1.807) is 24.3 Å². The van der Waals surface area contributed by atoms with E-state index in [1.165, 1.54) is 0 Å². The number of amidine groups is 1. The molecule has 0 unspecified atom stereocenters. The number of carbonyl (C=O) groups is 1. The monoisotopic (exact) mass is 205 g/mol. The Morgan fingerprint density at radius 1 is 1.47 bits per heavy atom. The first-order valence-corrected chi connectivity index (χ1v) is 4.06. The Labute approximate surface area is 83.8 Å². The molecule has 3 N–H and O–H groups in total. The Balaban J connectivity index is 2.54. The van der Waals surface area contributed by atoms with Crippen LogP contribution in [0.25, 0.3) is 11.0 Å². The van der Waals surface area contributed by atoms with E-state index in [9.17, 15) is 4.79 Å². The highest BCUT2D eigenvalue weighted by Crippen LogP contribution is 2.08. The van der Waals surface area contributed by atoms with E-state index >= 15 is 0 Å². The van der Waals surface area contributed by atoms with Gasteiger partial charge in [0.25, 0.3) is 0 Å². The number of para-hydroxylation sites is 1. The van der Waals surface area contributed by atoms with Crippen molar-refractivity contribution in [1.82, 2.24) is 15.1 Å². The zero-order chi connectivity index (χ0) is 10.8. The van der Waals surface area contributed by atoms with Gasteiger partial charge in [-0.1, -0.05) is 12.1 Å². The van der Waals surface area contributed by atoms with Crippen LogP contribution >= 0.6 is 0 Å². The van der Waals surface area contributed by atoms with Crippen LogP contribution in [0.5, 0.6) is 0 Å². The Bertz CT molecular complexity index is 545. The second kappa shape index (κ2) is 3.37. The molecule has 1 aromatic carbocycles. The second-order valence-corrected chi connectivity index (χ2v) is 2.76. The van der Waals surface area contributed by atoms with Crippen molar-refractivity contribution in [2.45, 2.75) is 0 Å². The molecule has 0 atom stereocenters. The van der Waals surface area contributed by atoms with Gasteiger partial charge in [0.05, 0.1) is 0 Å². The number of fused-ring (bicyclic) bond motifs is 1. The number of aromatic nitrogens is 3. The fourth-order valence-electron chi connectivity index (χ4n) is 1.08. The average molecular weight is 205 g/mol. The molecule has 0 amide bonds. The lowest BCUT2D eigenvalue weighted by molar-refractivity contribution is -0.129. The molecule has 2 rings (SSSR count). The highest BCUT2D eigenvalue weighted by molar-refractivity contribution is 6.33. The van der Waals surface area contributed by atoms with Crippen molar-refractivity contribution >= 4 is 22.8 Å². The van der Waals surface area contributed by atoms with Gasteiger partial charge in [0.2, 0.25) is 5.84 Å². The van der Waals surface area contributed by atoms with Gasteiger partial charge in [-0.2, -0.15) is 0 Å². The summed E-state index contributed by atoms with van der Waals surface area (Å²) < 4.78 is 0. The minimum Gasteiger partial charge on any atom is -0.475 e. The molecule has 1 aromatic heterocycles. The number of carboxylic acids is 1. The molecule has 0 aliphatic heterocycles. The van der Waals surface area contributed by atoms with Gasteiger partial charge >= 0.3 is 5.97 Å². The maximum absolute atomic E-state index is 10.4. The van der Waals surface area contributed by atoms with Gasteiger partial charge in [-0.15, -0.1) is 15.0 Å². The normalized spacial score (nSPS) is 11.9. The van der Waals surface area contributed by atoms with E-state index in [4.69, 9.17) is 10.8 Å². The van der Waals surface area contributed by atoms with Crippen molar-refractivity contribution in [3.63, 3.8) is 0 Å². The fraction of sp³-hybridized carbons (Fsp3) is 0. The minimum absolute atomic E-state index is 0.536. The van der Waals surface area contributed by atoms with E-state index in [1.807, 2.05) is 0 Å². The molecule has 7 nitrogen and oxygen atoms in total. The lowest BCUT2D eigenvalue weighted by Gasteiger charge is -1.94. The molecule has 0 bridgehead atoms. The largest absolute Gasteiger partial charge is 0.475 e. The van der Waals surface area contributed by atoms with Gasteiger partial charge in [0.15, 0.2) is 0 Å². The molecular weight excluding hydrogens is 198 g/mol. The summed E-state index contributed by atoms with van der Waals surface area (Å²) >= 11 is 0. The van der Waals surface area contributed by atoms with Gasteiger partial charge in [0.1, 0.15) is 11.0 Å². The average Bonchev–Trinajstić information content (AvgIpc) is 2.62. The molecule has 1 heterocycles. The summed E-state index contributed by atoms with van der Waals surface area (Å²) in [6.07, 6.45) is 0. The molecule has 0 fully saturated rings. The first-order valence-electron chi connectivity index (χ1n) is 4.06. The Morgan fingerprint density at radius 3 is 2.93 bits per heavy atom. The predicted octanol–water partition coefficient (Wildman–Crippen LogP) is -0.364. The van der Waals surface area contributed by atoms with Crippen molar-refractivity contribution in [1.29, 1.82) is 0 Å². The third-order valence-corrected chi connectivity index (χ3v) is 1.76. The van der Waals surface area contributed by atoms with Crippen LogP contribution in [0.2, 0.25) is 0 Å². The lowest BCUT2D eigenvalue weighted by atomic mass is 10.3. The molecule has 76 valence electrons. The summed E-state index contributed by atoms with van der Waals surface area (Å²) in [6.45, 7) is 0. The van der Waals surface area contributed by atoms with Gasteiger partial charge in [-0.25, -0.2) is 4.79 Å². The molecule has 2 aromatic rings. The summed E-state index contributed by atoms with van der Waals surface area (Å²) in [5, 5.41) is 19.6. The van der Waals surface area contributed by atoms with Crippen LogP contribution in [0.15, 0.2) is 29.4 Å². The van der Waals surface area contributed by atoms with Gasteiger partial charge in [-0.05, 0) is 17.3 Å². The van der Waals surface area contributed by atoms with Crippen molar-refractivity contribution in [3.05, 3.63) is 24.3 Å². The quantitative estimate of drug-likeness (QED) is 0.488. The van der Waals surface area contributed by atoms with Crippen LogP contribution in [-0.2, 0) is 4.79 Å². The summed E-state index contributed by atoms with van der Waals surface area (Å²) in [6, 6.07) is 7.03. The van der Waals surface area contributed by atoms with Crippen molar-refractivity contribution in [2.24, 2.45) is 10.8 Å². The number of hydrogen-bond acceptors (Lipinski definition) is 4. The maximum atomic E-state index is 10.4. The first kappa shape index (κ1) is 9.13. The molecule has 0 spiro atoms. The van der Waals surface area contributed by atoms with Crippen LogP contribution in [0.1, 0.15) is 0 Å². The van der Waals surface area contributed by atoms with Gasteiger partial charge < -0.3 is 10.8 Å². The molecule has 15 heavy (non-hydrogen) atoms. The molecule has 7 heteroatoms. The van der Waals surface area contributed by atoms with E-state index in [0.717, 1.165) is 4.79 Å². The number of carboxylic acid groups (broad SMARTS) is 1. The Hall–Kier alpha value is -2.44. The van der Waals surface area contributed by atoms with Crippen LogP contribution in [-0.4, -0.2) is 32.0 Å². The van der Waals surface area contributed by atoms with E-state index in [0.29, 0.717) is 11.0 Å². The number of nitrogens with zero attached hydrogens (tertiary/aromatic N) is 4. The number of nitrogens with two attached hydrogens (primary N) is 1. The zero-order valence-corrected chi connectivity index (χ0v) is 7.53. The Kier molecular flexibility index (Phi) is 2.05. The summed E-state index contributed by atoms with van der Waals surface area (Å²) in [4.78, 5) is 11.5. The van der Waals surface area contributed by atoms with Crippen LogP contribution in [0.4, 0.5) is 0 Å². The first-order chi connectivity index (χ1) is 7.18. The van der Waals surface area contributed by atoms with E-state index in [-0.39, 0.29) is 0 Å². The van der Waals surface area contributed by atoms with E-state index in [2.05, 4.69) is 15.4 Å². The van der Waals surface area contributed by atoms with Crippen molar-refractivity contribution in [2.75, 3.05) is 0 Å². The molecule has 0 aliphatic carbocycles. The zero-order valence-electron chi connectivity index (χ0n) is 7.53. The second-order valence-electron chi connectivity index (χ2n) is 2.76. The van der Waals surface area contributed by atoms with Crippen molar-refractivity contribution < 1.29 is 9.90 Å². The maximum Gasteiger partial charge on any atom is 0.373 e. The van der Waals surface area contributed by atoms with Crippen LogP contribution in [0, 0.1) is 0 Å². The topological polar surface area (TPSA) is 106 Å². The number of hydrogen-bond donors (Lipinski definition) is 2. The van der Waals surface area contributed by atoms with Crippen LogP contribution < -0.4 is 5.73 Å². The SMILES string of the molecule is N/C(=N\n1nnc2ccccc21)C(=O)O. The molecule has 0 saturated carbocycles. The van der Waals surface area contributed by atoms with Crippen LogP contribution in [0.3, 0.4) is 0 Å². The number of aliphatic carboxylic acids is 1. The third kappa shape index (κ3) is 1.62. The lowest BCUT2D eigenvalue weighted by Crippen LogP contribution is -2.24. The third-order valence-electron chi connectivity index (χ3n) is 1.76. The molecule has 0 radical (unpaired) electrons. The summed E-state index contributed by atoms with van der Waals surface area (Å²) in [5.74, 6) is -1.83. The minimum atomic E-state index is -1.30. The molecular formula is C8H7N5O2. The predicted molar refractivity (Wildman–Crippen MR) is 52.2 cm³/mol. The van der Waals surface area contributed by atoms with Gasteiger partial charge in [0, 0.05) is 0 Å². The van der Waals surface area contributed by atoms with E-state index < -0.39 is 11.8 Å². The van der Waals surface area contributed by atoms with Crippen molar-refractivity contribution in [3.8, 4) is 0 Å². The van der Waals surface area contributed by atoms with Gasteiger partial charge in [-0.3, -0.25) is 0 Å². The molecule has 0 aliphatic rings. The highest BCUT2D eigenvalue weighted by atomic mass is 16.4. The summed E-state index contributed by atoms with van der Waals surface area (Å²) in [7, 11) is 0. The Morgan fingerprint density at radius 2 is 2.20 bits per heavy atom. The number of rotatable bonds is 1. The smallest absolute Gasteiger partial charge is 0.373 e. The molecule has 0 saturated heterocycles. The standard InChI is InChI=1S/C8H7N5O2/c9-7(8(14)15)11-13-6-4-2-1-3-5(6)10-12-13/h1-4H,(H2,9,11)(H,14,15). The highest BCUT2D eigenvalue weighted by Gasteiger charge is 2.06. The summed E-state index contributed by atoms with van der Waals surface area (Å²) in [5.41, 5.74) is 6.38.